The van der Waals surface area contributed by atoms with Gasteiger partial charge in [0.25, 0.3) is 15.9 Å². The highest BCUT2D eigenvalue weighted by Crippen LogP contribution is 2.20. The number of nitrogens with one attached hydrogen (secondary N) is 2. The van der Waals surface area contributed by atoms with Crippen molar-refractivity contribution in [3.05, 3.63) is 83.0 Å². The van der Waals surface area contributed by atoms with Crippen LogP contribution in [-0.4, -0.2) is 26.4 Å². The second kappa shape index (κ2) is 8.93. The molecule has 0 aliphatic heterocycles. The average Bonchev–Trinajstić information content (AvgIpc) is 2.72. The molecule has 0 aliphatic rings. The van der Waals surface area contributed by atoms with E-state index >= 15 is 0 Å². The van der Waals surface area contributed by atoms with E-state index in [1.807, 2.05) is 0 Å². The van der Waals surface area contributed by atoms with E-state index in [4.69, 9.17) is 16.3 Å². The highest BCUT2D eigenvalue weighted by Gasteiger charge is 2.17. The largest absolute Gasteiger partial charge is 0.481 e. The Kier molecular flexibility index (Phi) is 6.36. The van der Waals surface area contributed by atoms with E-state index in [0.29, 0.717) is 16.6 Å². The van der Waals surface area contributed by atoms with E-state index in [1.54, 1.807) is 42.6 Å². The second-order valence-electron chi connectivity index (χ2n) is 6.03. The van der Waals surface area contributed by atoms with Crippen LogP contribution in [0.2, 0.25) is 5.02 Å². The Bertz CT molecular complexity index is 1140. The molecule has 0 bridgehead atoms. The molecular formula is C20H18ClN3O4S. The van der Waals surface area contributed by atoms with Gasteiger partial charge in [0.15, 0.2) is 0 Å². The fourth-order valence-electron chi connectivity index (χ4n) is 2.53. The normalized spacial score (nSPS) is 11.0. The van der Waals surface area contributed by atoms with Gasteiger partial charge in [-0.05, 0) is 48.0 Å². The van der Waals surface area contributed by atoms with E-state index in [0.717, 1.165) is 5.56 Å². The van der Waals surface area contributed by atoms with Crippen LogP contribution < -0.4 is 14.8 Å². The van der Waals surface area contributed by atoms with Crippen LogP contribution in [0.1, 0.15) is 15.9 Å². The Hall–Kier alpha value is -3.10. The zero-order valence-electron chi connectivity index (χ0n) is 15.4. The van der Waals surface area contributed by atoms with E-state index < -0.39 is 15.9 Å². The zero-order valence-corrected chi connectivity index (χ0v) is 17.0. The first-order valence-electron chi connectivity index (χ1n) is 8.53. The number of nitrogens with zero attached hydrogens (tertiary/aromatic N) is 1. The van der Waals surface area contributed by atoms with Gasteiger partial charge in [0.2, 0.25) is 5.88 Å². The smallest absolute Gasteiger partial charge is 0.261 e. The summed E-state index contributed by atoms with van der Waals surface area (Å²) in [5.74, 6) is 0.0394. The summed E-state index contributed by atoms with van der Waals surface area (Å²) < 4.78 is 32.8. The number of rotatable bonds is 7. The number of anilines is 1. The number of hydrogen-bond donors (Lipinski definition) is 2. The standard InChI is InChI=1S/C20H18ClN3O4S/c1-28-19-10-14(8-9-22-19)13-23-20(25)15-4-2-7-18(11-15)29(26,27)24-17-6-3-5-16(21)12-17/h2-12,24H,13H2,1H3,(H,23,25). The van der Waals surface area contributed by atoms with Gasteiger partial charge in [-0.25, -0.2) is 13.4 Å². The topological polar surface area (TPSA) is 97.4 Å². The number of benzene rings is 2. The molecule has 0 saturated heterocycles. The Morgan fingerprint density at radius 2 is 1.90 bits per heavy atom. The van der Waals surface area contributed by atoms with Gasteiger partial charge < -0.3 is 10.1 Å². The average molecular weight is 432 g/mol. The minimum Gasteiger partial charge on any atom is -0.481 e. The van der Waals surface area contributed by atoms with E-state index in [-0.39, 0.29) is 17.0 Å². The van der Waals surface area contributed by atoms with Crippen molar-refractivity contribution in [1.82, 2.24) is 10.3 Å². The molecule has 0 atom stereocenters. The van der Waals surface area contributed by atoms with Crippen LogP contribution in [0.4, 0.5) is 5.69 Å². The maximum Gasteiger partial charge on any atom is 0.261 e. The van der Waals surface area contributed by atoms with Gasteiger partial charge >= 0.3 is 0 Å². The summed E-state index contributed by atoms with van der Waals surface area (Å²) >= 11 is 5.89. The summed E-state index contributed by atoms with van der Waals surface area (Å²) in [6, 6.07) is 15.6. The van der Waals surface area contributed by atoms with Crippen LogP contribution in [0.15, 0.2) is 71.8 Å². The molecule has 1 amide bonds. The van der Waals surface area contributed by atoms with Gasteiger partial charge in [0.1, 0.15) is 0 Å². The minimum atomic E-state index is -3.88. The predicted octanol–water partition coefficient (Wildman–Crippen LogP) is 3.47. The first-order valence-corrected chi connectivity index (χ1v) is 10.4. The molecule has 1 heterocycles. The molecule has 0 radical (unpaired) electrons. The lowest BCUT2D eigenvalue weighted by atomic mass is 10.2. The van der Waals surface area contributed by atoms with Crippen LogP contribution in [0, 0.1) is 0 Å². The number of hydrogen-bond acceptors (Lipinski definition) is 5. The fraction of sp³-hybridized carbons (Fsp3) is 0.100. The van der Waals surface area contributed by atoms with Gasteiger partial charge in [-0.2, -0.15) is 0 Å². The lowest BCUT2D eigenvalue weighted by molar-refractivity contribution is 0.0950. The Morgan fingerprint density at radius 3 is 2.66 bits per heavy atom. The van der Waals surface area contributed by atoms with Crippen LogP contribution in [0.3, 0.4) is 0 Å². The Morgan fingerprint density at radius 1 is 1.10 bits per heavy atom. The van der Waals surface area contributed by atoms with Crippen molar-refractivity contribution in [2.24, 2.45) is 0 Å². The van der Waals surface area contributed by atoms with Crippen LogP contribution in [0.25, 0.3) is 0 Å². The third-order valence-electron chi connectivity index (χ3n) is 3.94. The number of carbonyl (C=O) groups excluding carboxylic acids is 1. The molecule has 3 rings (SSSR count). The monoisotopic (exact) mass is 431 g/mol. The van der Waals surface area contributed by atoms with Crippen LogP contribution in [-0.2, 0) is 16.6 Å². The highest BCUT2D eigenvalue weighted by molar-refractivity contribution is 7.92. The number of amides is 1. The Balaban J connectivity index is 1.73. The van der Waals surface area contributed by atoms with Gasteiger partial charge in [0.05, 0.1) is 17.7 Å². The molecule has 2 aromatic carbocycles. The molecule has 0 saturated carbocycles. The summed E-state index contributed by atoms with van der Waals surface area (Å²) in [6.07, 6.45) is 1.58. The summed E-state index contributed by atoms with van der Waals surface area (Å²) in [5.41, 5.74) is 1.36. The van der Waals surface area contributed by atoms with Crippen molar-refractivity contribution in [1.29, 1.82) is 0 Å². The lowest BCUT2D eigenvalue weighted by Crippen LogP contribution is -2.23. The molecule has 0 aliphatic carbocycles. The molecule has 150 valence electrons. The number of halogens is 1. The number of carbonyl (C=O) groups is 1. The van der Waals surface area contributed by atoms with E-state index in [9.17, 15) is 13.2 Å². The van der Waals surface area contributed by atoms with Gasteiger partial charge in [-0.15, -0.1) is 0 Å². The van der Waals surface area contributed by atoms with Crippen molar-refractivity contribution in [3.63, 3.8) is 0 Å². The maximum atomic E-state index is 12.6. The summed E-state index contributed by atoms with van der Waals surface area (Å²) in [4.78, 5) is 16.4. The zero-order chi connectivity index (χ0) is 20.9. The van der Waals surface area contributed by atoms with Crippen molar-refractivity contribution in [2.45, 2.75) is 11.4 Å². The van der Waals surface area contributed by atoms with Crippen molar-refractivity contribution < 1.29 is 17.9 Å². The number of sulfonamides is 1. The van der Waals surface area contributed by atoms with Gasteiger partial charge in [-0.3, -0.25) is 9.52 Å². The van der Waals surface area contributed by atoms with E-state index in [1.165, 1.54) is 31.4 Å². The summed E-state index contributed by atoms with van der Waals surface area (Å²) in [6.45, 7) is 0.245. The summed E-state index contributed by atoms with van der Waals surface area (Å²) in [5, 5.41) is 3.16. The molecule has 0 spiro atoms. The number of pyridine rings is 1. The number of methoxy groups -OCH3 is 1. The molecule has 2 N–H and O–H groups in total. The third-order valence-corrected chi connectivity index (χ3v) is 5.56. The third kappa shape index (κ3) is 5.46. The molecule has 7 nitrogen and oxygen atoms in total. The van der Waals surface area contributed by atoms with Crippen LogP contribution in [0.5, 0.6) is 5.88 Å². The fourth-order valence-corrected chi connectivity index (χ4v) is 3.81. The molecule has 0 unspecified atom stereocenters. The lowest BCUT2D eigenvalue weighted by Gasteiger charge is -2.10. The van der Waals surface area contributed by atoms with Gasteiger partial charge in [-0.1, -0.05) is 23.7 Å². The molecule has 1 aromatic heterocycles. The molecule has 29 heavy (non-hydrogen) atoms. The maximum absolute atomic E-state index is 12.6. The minimum absolute atomic E-state index is 0.0318. The summed E-state index contributed by atoms with van der Waals surface area (Å²) in [7, 11) is -2.37. The molecule has 9 heteroatoms. The van der Waals surface area contributed by atoms with Crippen molar-refractivity contribution >= 4 is 33.2 Å². The first-order chi connectivity index (χ1) is 13.9. The van der Waals surface area contributed by atoms with Crippen molar-refractivity contribution in [3.8, 4) is 5.88 Å². The highest BCUT2D eigenvalue weighted by atomic mass is 35.5. The van der Waals surface area contributed by atoms with Crippen LogP contribution >= 0.6 is 11.6 Å². The molecular weight excluding hydrogens is 414 g/mol. The predicted molar refractivity (Wildman–Crippen MR) is 111 cm³/mol. The first kappa shape index (κ1) is 20.6. The van der Waals surface area contributed by atoms with E-state index in [2.05, 4.69) is 15.0 Å². The second-order valence-corrected chi connectivity index (χ2v) is 8.15. The SMILES string of the molecule is COc1cc(CNC(=O)c2cccc(S(=O)(=O)Nc3cccc(Cl)c3)c2)ccn1. The molecule has 3 aromatic rings. The Labute approximate surface area is 173 Å². The quantitative estimate of drug-likeness (QED) is 0.597. The van der Waals surface area contributed by atoms with Crippen molar-refractivity contribution in [2.75, 3.05) is 11.8 Å². The van der Waals surface area contributed by atoms with Gasteiger partial charge in [0, 0.05) is 29.4 Å². The number of ether oxygens (including phenoxy) is 1. The number of aromatic nitrogens is 1. The molecule has 0 fully saturated rings.